The zero-order valence-corrected chi connectivity index (χ0v) is 39.3. The van der Waals surface area contributed by atoms with E-state index in [-0.39, 0.29) is 68.1 Å². The van der Waals surface area contributed by atoms with Crippen molar-refractivity contribution in [1.29, 1.82) is 0 Å². The van der Waals surface area contributed by atoms with Crippen molar-refractivity contribution in [1.82, 2.24) is 5.06 Å². The van der Waals surface area contributed by atoms with Gasteiger partial charge in [-0.15, -0.1) is 5.06 Å². The highest BCUT2D eigenvalue weighted by atomic mass is 32.2. The molecule has 21 heteroatoms. The molecular weight excluding hydrogens is 895 g/mol. The van der Waals surface area contributed by atoms with Gasteiger partial charge in [-0.3, -0.25) is 23.2 Å². The monoisotopic (exact) mass is 950 g/mol. The quantitative estimate of drug-likeness (QED) is 0.0666. The van der Waals surface area contributed by atoms with Crippen molar-refractivity contribution in [2.75, 3.05) is 44.6 Å². The molecule has 0 radical (unpaired) electrons. The molecule has 2 aromatic rings. The Kier molecular flexibility index (Phi) is 15.0. The Morgan fingerprint density at radius 3 is 2.05 bits per heavy atom. The van der Waals surface area contributed by atoms with E-state index in [4.69, 9.17) is 14.3 Å². The van der Waals surface area contributed by atoms with Gasteiger partial charge in [0.05, 0.1) is 39.5 Å². The van der Waals surface area contributed by atoms with E-state index in [0.29, 0.717) is 51.0 Å². The maximum atomic E-state index is 12.8. The van der Waals surface area contributed by atoms with Crippen molar-refractivity contribution in [2.24, 2.45) is 0 Å². The first kappa shape index (κ1) is 50.4. The number of allylic oxidation sites excluding steroid dienone is 6. The standard InChI is InChI=1S/C43H55N3O15S3/c1-29(12-18-37-42(4,21-9-25-62(50,51)52)33-27-31(64(56,57)58)14-16-35(33)45(37)41(2,3)28-60-7)11-17-36-43(5,22-24-59-6)32-26-30(63(53,54)55)13-15-34(32)44(36)23-8-10-40(49)61-46-38(47)19-20-39(46)48/h11-18,26-27H,8-10,19-25,28H2,1-7H3,(H2-,50,51,52,53,54,55,56,57,58)/p+1. The summed E-state index contributed by atoms with van der Waals surface area (Å²) in [6, 6.07) is 8.50. The third kappa shape index (κ3) is 10.9. The zero-order valence-electron chi connectivity index (χ0n) is 36.9. The number of nitrogens with zero attached hydrogens (tertiary/aromatic N) is 3. The Morgan fingerprint density at radius 2 is 1.47 bits per heavy atom. The van der Waals surface area contributed by atoms with Crippen LogP contribution in [-0.2, 0) is 69.9 Å². The Bertz CT molecular complexity index is 2650. The molecular formula is C43H56N3O15S3+. The largest absolute Gasteiger partial charge is 0.385 e. The molecule has 0 aliphatic carbocycles. The zero-order chi connectivity index (χ0) is 47.6. The average molecular weight is 951 g/mol. The first-order valence-corrected chi connectivity index (χ1v) is 24.9. The Labute approximate surface area is 374 Å². The molecule has 64 heavy (non-hydrogen) atoms. The van der Waals surface area contributed by atoms with E-state index in [0.717, 1.165) is 0 Å². The van der Waals surface area contributed by atoms with E-state index in [1.165, 1.54) is 31.4 Å². The average Bonchev–Trinajstić information content (AvgIpc) is 3.73. The third-order valence-corrected chi connectivity index (χ3v) is 14.4. The fourth-order valence-electron chi connectivity index (χ4n) is 8.69. The minimum Gasteiger partial charge on any atom is -0.385 e. The molecule has 0 spiro atoms. The molecule has 1 saturated heterocycles. The number of hydrogen-bond acceptors (Lipinski definition) is 13. The summed E-state index contributed by atoms with van der Waals surface area (Å²) in [5, 5.41) is 0.484. The molecule has 3 N–H and O–H groups in total. The van der Waals surface area contributed by atoms with Gasteiger partial charge >= 0.3 is 5.97 Å². The van der Waals surface area contributed by atoms with Crippen LogP contribution in [0, 0.1) is 0 Å². The number of carbonyl (C=O) groups is 3. The van der Waals surface area contributed by atoms with E-state index in [1.54, 1.807) is 19.2 Å². The van der Waals surface area contributed by atoms with Gasteiger partial charge in [-0.1, -0.05) is 17.7 Å². The van der Waals surface area contributed by atoms with Crippen LogP contribution in [0.25, 0.3) is 0 Å². The van der Waals surface area contributed by atoms with Crippen LogP contribution in [0.4, 0.5) is 11.4 Å². The first-order chi connectivity index (χ1) is 29.7. The lowest BCUT2D eigenvalue weighted by Gasteiger charge is -2.40. The maximum absolute atomic E-state index is 12.8. The SMILES string of the molecule is COCCC1(C)C(/C=C/C(C)=C/C=C2/N(C(C)(C)COC)c3ccc(S(=O)(=O)O)cc3C2(C)CCCS(=O)(=O)O)=[N+](CCCC(=O)ON2C(=O)CCC2=O)c2ccc(S(=O)(=O)O)cc21. The normalized spacial score (nSPS) is 21.5. The first-order valence-electron chi connectivity index (χ1n) is 20.4. The number of methoxy groups -OCH3 is 2. The summed E-state index contributed by atoms with van der Waals surface area (Å²) in [7, 11) is -10.5. The molecule has 5 rings (SSSR count). The molecule has 2 unspecified atom stereocenters. The number of rotatable bonds is 20. The highest BCUT2D eigenvalue weighted by Crippen LogP contribution is 2.54. The summed E-state index contributed by atoms with van der Waals surface area (Å²) in [6.07, 6.45) is 7.79. The van der Waals surface area contributed by atoms with E-state index < -0.39 is 70.3 Å². The van der Waals surface area contributed by atoms with Crippen molar-refractivity contribution in [2.45, 2.75) is 106 Å². The Hall–Kier alpha value is -4.61. The van der Waals surface area contributed by atoms with Gasteiger partial charge in [0.25, 0.3) is 42.2 Å². The number of hydrogen-bond donors (Lipinski definition) is 3. The van der Waals surface area contributed by atoms with Gasteiger partial charge in [-0.25, -0.2) is 4.79 Å². The van der Waals surface area contributed by atoms with Gasteiger partial charge in [0.2, 0.25) is 5.69 Å². The predicted molar refractivity (Wildman–Crippen MR) is 235 cm³/mol. The lowest BCUT2D eigenvalue weighted by atomic mass is 9.76. The summed E-state index contributed by atoms with van der Waals surface area (Å²) >= 11 is 0. The fraction of sp³-hybridized carbons (Fsp3) is 0.488. The molecule has 3 aliphatic rings. The van der Waals surface area contributed by atoms with E-state index in [1.807, 2.05) is 68.4 Å². The van der Waals surface area contributed by atoms with Crippen LogP contribution in [0.15, 0.2) is 81.8 Å². The van der Waals surface area contributed by atoms with Gasteiger partial charge in [0, 0.05) is 74.6 Å². The molecule has 2 atom stereocenters. The van der Waals surface area contributed by atoms with Gasteiger partial charge < -0.3 is 19.2 Å². The molecule has 0 saturated carbocycles. The van der Waals surface area contributed by atoms with Crippen LogP contribution < -0.4 is 4.90 Å². The van der Waals surface area contributed by atoms with Gasteiger partial charge in [0.1, 0.15) is 6.54 Å². The fourth-order valence-corrected chi connectivity index (χ4v) is 10.2. The molecule has 3 heterocycles. The summed E-state index contributed by atoms with van der Waals surface area (Å²) in [6.45, 7) is 10.1. The molecule has 0 bridgehead atoms. The van der Waals surface area contributed by atoms with Crippen LogP contribution in [0.1, 0.15) is 90.7 Å². The number of fused-ring (bicyclic) bond motifs is 2. The van der Waals surface area contributed by atoms with Crippen molar-refractivity contribution in [3.05, 3.63) is 83.1 Å². The third-order valence-electron chi connectivity index (χ3n) is 11.9. The Balaban J connectivity index is 1.61. The van der Waals surface area contributed by atoms with Crippen molar-refractivity contribution in [3.8, 4) is 0 Å². The number of ether oxygens (including phenoxy) is 2. The van der Waals surface area contributed by atoms with Crippen molar-refractivity contribution < 1.29 is 72.2 Å². The summed E-state index contributed by atoms with van der Waals surface area (Å²) in [5.74, 6) is -2.54. The highest BCUT2D eigenvalue weighted by Gasteiger charge is 2.50. The number of hydroxylamine groups is 2. The van der Waals surface area contributed by atoms with E-state index in [9.17, 15) is 53.3 Å². The van der Waals surface area contributed by atoms with Crippen LogP contribution in [-0.4, -0.2) is 117 Å². The molecule has 18 nitrogen and oxygen atoms in total. The second-order valence-corrected chi connectivity index (χ2v) is 21.6. The van der Waals surface area contributed by atoms with E-state index >= 15 is 0 Å². The summed E-state index contributed by atoms with van der Waals surface area (Å²) < 4.78 is 116. The lowest BCUT2D eigenvalue weighted by molar-refractivity contribution is -0.438. The van der Waals surface area contributed by atoms with Gasteiger partial charge in [-0.05, 0) is 95.9 Å². The van der Waals surface area contributed by atoms with Crippen LogP contribution in [0.2, 0.25) is 0 Å². The number of imide groups is 1. The van der Waals surface area contributed by atoms with E-state index in [2.05, 4.69) is 0 Å². The number of anilines is 1. The van der Waals surface area contributed by atoms with Crippen molar-refractivity contribution >= 4 is 65.2 Å². The minimum absolute atomic E-state index is 0.00363. The number of benzene rings is 2. The van der Waals surface area contributed by atoms with Crippen LogP contribution in [0.3, 0.4) is 0 Å². The molecule has 3 aliphatic heterocycles. The number of amides is 2. The van der Waals surface area contributed by atoms with Gasteiger partial charge in [0.15, 0.2) is 5.71 Å². The molecule has 2 amide bonds. The molecule has 1 fully saturated rings. The van der Waals surface area contributed by atoms with Gasteiger partial charge in [-0.2, -0.15) is 29.8 Å². The molecule has 2 aromatic carbocycles. The minimum atomic E-state index is -4.63. The van der Waals surface area contributed by atoms with Crippen molar-refractivity contribution in [3.63, 3.8) is 0 Å². The van der Waals surface area contributed by atoms with Crippen LogP contribution >= 0.6 is 0 Å². The molecule has 0 aromatic heterocycles. The topological polar surface area (TPSA) is 251 Å². The second-order valence-electron chi connectivity index (χ2n) is 17.2. The summed E-state index contributed by atoms with van der Waals surface area (Å²) in [5.41, 5.74) is 1.62. The molecule has 350 valence electrons. The predicted octanol–water partition coefficient (Wildman–Crippen LogP) is 5.22. The number of carbonyl (C=O) groups excluding carboxylic acids is 3. The Morgan fingerprint density at radius 1 is 0.859 bits per heavy atom. The smallest absolute Gasteiger partial charge is 0.333 e. The highest BCUT2D eigenvalue weighted by molar-refractivity contribution is 7.86. The maximum Gasteiger partial charge on any atom is 0.333 e. The lowest BCUT2D eigenvalue weighted by Crippen LogP contribution is -2.47. The second kappa shape index (κ2) is 19.1. The van der Waals surface area contributed by atoms with Crippen LogP contribution in [0.5, 0.6) is 0 Å². The summed E-state index contributed by atoms with van der Waals surface area (Å²) in [4.78, 5) is 43.3.